The van der Waals surface area contributed by atoms with E-state index in [1.807, 2.05) is 31.3 Å². The summed E-state index contributed by atoms with van der Waals surface area (Å²) in [6.07, 6.45) is 3.60. The molecule has 2 N–H and O–H groups in total. The van der Waals surface area contributed by atoms with Crippen molar-refractivity contribution in [2.45, 2.75) is 32.4 Å². The lowest BCUT2D eigenvalue weighted by Gasteiger charge is -2.14. The van der Waals surface area contributed by atoms with Gasteiger partial charge in [0, 0.05) is 23.3 Å². The molecule has 1 aliphatic heterocycles. The average Bonchev–Trinajstić information content (AvgIpc) is 2.78. The van der Waals surface area contributed by atoms with Gasteiger partial charge in [-0.1, -0.05) is 18.2 Å². The summed E-state index contributed by atoms with van der Waals surface area (Å²) < 4.78 is 0. The monoisotopic (exact) mass is 287 g/mol. The van der Waals surface area contributed by atoms with E-state index in [1.54, 1.807) is 11.3 Å². The highest BCUT2D eigenvalue weighted by molar-refractivity contribution is 7.11. The van der Waals surface area contributed by atoms with Crippen LogP contribution < -0.4 is 10.6 Å². The normalized spacial score (nSPS) is 18.2. The number of aryl methyl sites for hydroxylation is 2. The number of amides is 1. The van der Waals surface area contributed by atoms with Crippen molar-refractivity contribution in [1.29, 1.82) is 0 Å². The van der Waals surface area contributed by atoms with Crippen LogP contribution >= 0.6 is 11.3 Å². The Morgan fingerprint density at radius 3 is 3.10 bits per heavy atom. The predicted molar refractivity (Wildman–Crippen MR) is 80.9 cm³/mol. The van der Waals surface area contributed by atoms with Crippen molar-refractivity contribution < 1.29 is 4.79 Å². The molecule has 0 radical (unpaired) electrons. The summed E-state index contributed by atoms with van der Waals surface area (Å²) in [5.74, 6) is 0.0520. The van der Waals surface area contributed by atoms with E-state index in [0.717, 1.165) is 28.4 Å². The van der Waals surface area contributed by atoms with Crippen molar-refractivity contribution in [1.82, 2.24) is 10.3 Å². The smallest absolute Gasteiger partial charge is 0.241 e. The molecular weight excluding hydrogens is 270 g/mol. The Hall–Kier alpha value is -1.72. The van der Waals surface area contributed by atoms with Gasteiger partial charge in [0.1, 0.15) is 0 Å². The number of para-hydroxylation sites is 1. The minimum absolute atomic E-state index is 0.0520. The molecule has 3 rings (SSSR count). The first-order valence-corrected chi connectivity index (χ1v) is 7.57. The van der Waals surface area contributed by atoms with Crippen LogP contribution in [0.15, 0.2) is 30.5 Å². The van der Waals surface area contributed by atoms with Crippen molar-refractivity contribution in [3.8, 4) is 0 Å². The average molecular weight is 287 g/mol. The van der Waals surface area contributed by atoms with Crippen LogP contribution in [0.3, 0.4) is 0 Å². The van der Waals surface area contributed by atoms with Crippen molar-refractivity contribution in [3.63, 3.8) is 0 Å². The summed E-state index contributed by atoms with van der Waals surface area (Å²) in [7, 11) is 0. The van der Waals surface area contributed by atoms with Crippen molar-refractivity contribution in [2.75, 3.05) is 5.32 Å². The van der Waals surface area contributed by atoms with Crippen LogP contribution in [0.2, 0.25) is 0 Å². The fourth-order valence-corrected chi connectivity index (χ4v) is 3.16. The number of nitrogens with zero attached hydrogens (tertiary/aromatic N) is 1. The van der Waals surface area contributed by atoms with Gasteiger partial charge < -0.3 is 10.6 Å². The second-order valence-electron chi connectivity index (χ2n) is 4.96. The quantitative estimate of drug-likeness (QED) is 0.912. The number of nitrogens with one attached hydrogen (secondary N) is 2. The number of aromatic nitrogens is 1. The van der Waals surface area contributed by atoms with Crippen LogP contribution in [0.25, 0.3) is 0 Å². The molecule has 1 atom stereocenters. The molecule has 1 unspecified atom stereocenters. The summed E-state index contributed by atoms with van der Waals surface area (Å²) >= 11 is 1.66. The Bertz CT molecular complexity index is 623. The van der Waals surface area contributed by atoms with E-state index in [0.29, 0.717) is 6.54 Å². The number of fused-ring (bicyclic) bond motifs is 1. The lowest BCUT2D eigenvalue weighted by molar-refractivity contribution is -0.118. The van der Waals surface area contributed by atoms with Gasteiger partial charge in [0.05, 0.1) is 11.0 Å². The van der Waals surface area contributed by atoms with Crippen molar-refractivity contribution in [2.24, 2.45) is 0 Å². The SMILES string of the molecule is Cc1ncc(CNC2CCc3ccccc3NC2=O)s1. The molecule has 5 heteroatoms. The zero-order chi connectivity index (χ0) is 13.9. The zero-order valence-electron chi connectivity index (χ0n) is 11.3. The molecule has 2 aromatic rings. The molecule has 1 aromatic carbocycles. The van der Waals surface area contributed by atoms with Crippen molar-refractivity contribution in [3.05, 3.63) is 45.9 Å². The van der Waals surface area contributed by atoms with Gasteiger partial charge in [-0.05, 0) is 31.4 Å². The van der Waals surface area contributed by atoms with E-state index in [2.05, 4.69) is 21.7 Å². The number of hydrogen-bond acceptors (Lipinski definition) is 4. The van der Waals surface area contributed by atoms with Crippen LogP contribution in [-0.2, 0) is 17.8 Å². The minimum Gasteiger partial charge on any atom is -0.324 e. The molecule has 1 aliphatic rings. The van der Waals surface area contributed by atoms with Crippen LogP contribution in [0.4, 0.5) is 5.69 Å². The number of benzene rings is 1. The van der Waals surface area contributed by atoms with Gasteiger partial charge in [0.2, 0.25) is 5.91 Å². The number of rotatable bonds is 3. The van der Waals surface area contributed by atoms with Gasteiger partial charge in [-0.2, -0.15) is 0 Å². The maximum atomic E-state index is 12.2. The first-order valence-electron chi connectivity index (χ1n) is 6.76. The fraction of sp³-hybridized carbons (Fsp3) is 0.333. The Morgan fingerprint density at radius 1 is 1.45 bits per heavy atom. The molecule has 0 saturated heterocycles. The van der Waals surface area contributed by atoms with Gasteiger partial charge in [-0.25, -0.2) is 4.98 Å². The first-order chi connectivity index (χ1) is 9.72. The lowest BCUT2D eigenvalue weighted by atomic mass is 10.1. The third-order valence-corrected chi connectivity index (χ3v) is 4.40. The lowest BCUT2D eigenvalue weighted by Crippen LogP contribution is -2.39. The number of hydrogen-bond donors (Lipinski definition) is 2. The number of carbonyl (C=O) groups is 1. The number of carbonyl (C=O) groups excluding carboxylic acids is 1. The molecule has 0 bridgehead atoms. The molecule has 4 nitrogen and oxygen atoms in total. The summed E-state index contributed by atoms with van der Waals surface area (Å²) in [6, 6.07) is 7.85. The maximum Gasteiger partial charge on any atom is 0.241 e. The summed E-state index contributed by atoms with van der Waals surface area (Å²) in [4.78, 5) is 17.6. The van der Waals surface area contributed by atoms with E-state index < -0.39 is 0 Å². The highest BCUT2D eigenvalue weighted by Crippen LogP contribution is 2.21. The second kappa shape index (κ2) is 5.73. The summed E-state index contributed by atoms with van der Waals surface area (Å²) in [5.41, 5.74) is 2.15. The zero-order valence-corrected chi connectivity index (χ0v) is 12.2. The van der Waals surface area contributed by atoms with E-state index in [1.165, 1.54) is 5.56 Å². The number of thiazole rings is 1. The summed E-state index contributed by atoms with van der Waals surface area (Å²) in [6.45, 7) is 2.68. The molecule has 1 aromatic heterocycles. The molecule has 2 heterocycles. The topological polar surface area (TPSA) is 54.0 Å². The van der Waals surface area contributed by atoms with Crippen LogP contribution in [0, 0.1) is 6.92 Å². The molecule has 1 amide bonds. The van der Waals surface area contributed by atoms with Gasteiger partial charge in [-0.15, -0.1) is 11.3 Å². The van der Waals surface area contributed by atoms with Crippen LogP contribution in [0.5, 0.6) is 0 Å². The third-order valence-electron chi connectivity index (χ3n) is 3.49. The molecule has 104 valence electrons. The van der Waals surface area contributed by atoms with Crippen LogP contribution in [0.1, 0.15) is 21.9 Å². The maximum absolute atomic E-state index is 12.2. The van der Waals surface area contributed by atoms with Gasteiger partial charge >= 0.3 is 0 Å². The van der Waals surface area contributed by atoms with Gasteiger partial charge in [0.15, 0.2) is 0 Å². The van der Waals surface area contributed by atoms with E-state index in [-0.39, 0.29) is 11.9 Å². The number of anilines is 1. The van der Waals surface area contributed by atoms with Gasteiger partial charge in [0.25, 0.3) is 0 Å². The first kappa shape index (κ1) is 13.3. The van der Waals surface area contributed by atoms with Crippen molar-refractivity contribution >= 4 is 22.9 Å². The Morgan fingerprint density at radius 2 is 2.30 bits per heavy atom. The highest BCUT2D eigenvalue weighted by Gasteiger charge is 2.22. The third kappa shape index (κ3) is 2.89. The Labute approximate surface area is 122 Å². The second-order valence-corrected chi connectivity index (χ2v) is 6.28. The van der Waals surface area contributed by atoms with Crippen LogP contribution in [-0.4, -0.2) is 16.9 Å². The van der Waals surface area contributed by atoms with E-state index in [4.69, 9.17) is 0 Å². The molecule has 0 saturated carbocycles. The standard InChI is InChI=1S/C15H17N3OS/c1-10-16-8-12(20-10)9-17-14-7-6-11-4-2-3-5-13(11)18-15(14)19/h2-5,8,14,17H,6-7,9H2,1H3,(H,18,19). The molecule has 0 spiro atoms. The van der Waals surface area contributed by atoms with Gasteiger partial charge in [-0.3, -0.25) is 4.79 Å². The Kier molecular flexibility index (Phi) is 3.80. The molecule has 0 fully saturated rings. The fourth-order valence-electron chi connectivity index (χ4n) is 2.42. The van der Waals surface area contributed by atoms with E-state index in [9.17, 15) is 4.79 Å². The molecular formula is C15H17N3OS. The molecule has 0 aliphatic carbocycles. The predicted octanol–water partition coefficient (Wildman–Crippen LogP) is 2.49. The minimum atomic E-state index is -0.148. The summed E-state index contributed by atoms with van der Waals surface area (Å²) in [5, 5.41) is 7.39. The highest BCUT2D eigenvalue weighted by atomic mass is 32.1. The van der Waals surface area contributed by atoms with E-state index >= 15 is 0 Å². The Balaban J connectivity index is 1.65. The largest absolute Gasteiger partial charge is 0.324 e. The molecule has 20 heavy (non-hydrogen) atoms.